The molecule has 4 N–H and O–H groups in total. The fourth-order valence-electron chi connectivity index (χ4n) is 5.01. The number of furan rings is 1. The highest BCUT2D eigenvalue weighted by atomic mass is 35.5. The topological polar surface area (TPSA) is 135 Å². The van der Waals surface area contributed by atoms with Crippen molar-refractivity contribution < 1.29 is 14.0 Å². The fraction of sp³-hybridized carbons (Fsp3) is 0.267. The first-order valence-corrected chi connectivity index (χ1v) is 13.1. The van der Waals surface area contributed by atoms with Crippen molar-refractivity contribution in [2.24, 2.45) is 11.1 Å². The van der Waals surface area contributed by atoms with Gasteiger partial charge < -0.3 is 25.7 Å². The van der Waals surface area contributed by atoms with Gasteiger partial charge in [0.1, 0.15) is 22.9 Å². The molecule has 1 aromatic heterocycles. The van der Waals surface area contributed by atoms with E-state index in [1.807, 2.05) is 46.8 Å². The van der Waals surface area contributed by atoms with E-state index in [-0.39, 0.29) is 34.5 Å². The molecule has 0 saturated heterocycles. The summed E-state index contributed by atoms with van der Waals surface area (Å²) in [7, 11) is 0. The molecule has 3 aromatic carbocycles. The molecule has 0 bridgehead atoms. The molecule has 0 fully saturated rings. The fourth-order valence-corrected chi connectivity index (χ4v) is 5.23. The quantitative estimate of drug-likeness (QED) is 0.259. The Morgan fingerprint density at radius 2 is 1.73 bits per heavy atom. The number of fused-ring (bicyclic) bond motifs is 1. The van der Waals surface area contributed by atoms with E-state index < -0.39 is 28.7 Å². The Bertz CT molecular complexity index is 1760. The van der Waals surface area contributed by atoms with Crippen LogP contribution >= 0.6 is 11.6 Å². The zero-order valence-corrected chi connectivity index (χ0v) is 23.5. The highest BCUT2D eigenvalue weighted by Crippen LogP contribution is 2.41. The van der Waals surface area contributed by atoms with E-state index >= 15 is 0 Å². The standard InChI is InChI=1S/C30H29ClN4O5/c1-14-6-8-16(28(32)38)20(12-14)35-13-17-18(31)9-10-19(22(17)29(35)39)33-23-24(26(37)25(23)36)34-27(30(3,4)5)21-11-7-15(2)40-21/h6-12,27,33-34H,13H2,1-5H3,(H2,32,38)/t27-/m0/s1. The summed E-state index contributed by atoms with van der Waals surface area (Å²) < 4.78 is 5.83. The molecule has 206 valence electrons. The maximum atomic E-state index is 13.7. The molecule has 4 aromatic rings. The Labute approximate surface area is 235 Å². The zero-order chi connectivity index (χ0) is 29.1. The van der Waals surface area contributed by atoms with Gasteiger partial charge in [-0.1, -0.05) is 38.4 Å². The third kappa shape index (κ3) is 4.56. The molecule has 0 unspecified atom stereocenters. The second-order valence-electron chi connectivity index (χ2n) is 11.1. The van der Waals surface area contributed by atoms with Crippen molar-refractivity contribution in [1.82, 2.24) is 0 Å². The van der Waals surface area contributed by atoms with Crippen LogP contribution < -0.4 is 32.1 Å². The van der Waals surface area contributed by atoms with Crippen LogP contribution in [0.1, 0.15) is 70.2 Å². The van der Waals surface area contributed by atoms with Crippen LogP contribution in [0, 0.1) is 19.3 Å². The Morgan fingerprint density at radius 1 is 1.02 bits per heavy atom. The average molecular weight is 561 g/mol. The maximum Gasteiger partial charge on any atom is 0.261 e. The van der Waals surface area contributed by atoms with Crippen LogP contribution in [0.4, 0.5) is 22.7 Å². The first-order chi connectivity index (χ1) is 18.8. The second kappa shape index (κ2) is 9.67. The number of nitrogens with two attached hydrogens (primary N) is 1. The number of nitrogens with zero attached hydrogens (tertiary/aromatic N) is 1. The summed E-state index contributed by atoms with van der Waals surface area (Å²) in [6, 6.07) is 11.5. The summed E-state index contributed by atoms with van der Waals surface area (Å²) in [5, 5.41) is 6.58. The highest BCUT2D eigenvalue weighted by Gasteiger charge is 2.37. The van der Waals surface area contributed by atoms with Gasteiger partial charge in [0.25, 0.3) is 22.7 Å². The normalized spacial score (nSPS) is 13.9. The first-order valence-electron chi connectivity index (χ1n) is 12.7. The predicted octanol–water partition coefficient (Wildman–Crippen LogP) is 5.35. The molecule has 0 spiro atoms. The van der Waals surface area contributed by atoms with Gasteiger partial charge in [0.15, 0.2) is 0 Å². The van der Waals surface area contributed by atoms with Crippen molar-refractivity contribution >= 4 is 46.2 Å². The second-order valence-corrected chi connectivity index (χ2v) is 11.6. The minimum atomic E-state index is -0.702. The van der Waals surface area contributed by atoms with Crippen molar-refractivity contribution in [2.45, 2.75) is 47.2 Å². The minimum absolute atomic E-state index is 0.0479. The molecule has 1 aliphatic heterocycles. The number of rotatable bonds is 7. The summed E-state index contributed by atoms with van der Waals surface area (Å²) in [4.78, 5) is 52.7. The van der Waals surface area contributed by atoms with Gasteiger partial charge in [-0.2, -0.15) is 0 Å². The SMILES string of the molecule is Cc1ccc(C(N)=O)c(N2Cc3c(Cl)ccc(Nc4c(N[C@@H](c5ccc(C)o5)C(C)(C)C)c(=O)c4=O)c3C2=O)c1. The van der Waals surface area contributed by atoms with E-state index in [1.165, 1.54) is 4.90 Å². The number of hydrogen-bond acceptors (Lipinski definition) is 7. The maximum absolute atomic E-state index is 13.7. The van der Waals surface area contributed by atoms with Gasteiger partial charge in [-0.3, -0.25) is 19.2 Å². The molecule has 9 nitrogen and oxygen atoms in total. The summed E-state index contributed by atoms with van der Waals surface area (Å²) in [6.45, 7) is 9.76. The van der Waals surface area contributed by atoms with Crippen molar-refractivity contribution in [1.29, 1.82) is 0 Å². The van der Waals surface area contributed by atoms with Crippen molar-refractivity contribution in [3.8, 4) is 0 Å². The van der Waals surface area contributed by atoms with E-state index in [0.29, 0.717) is 27.7 Å². The summed E-state index contributed by atoms with van der Waals surface area (Å²) in [5.74, 6) is 0.274. The van der Waals surface area contributed by atoms with Crippen molar-refractivity contribution in [3.63, 3.8) is 0 Å². The Hall–Kier alpha value is -4.37. The van der Waals surface area contributed by atoms with Crippen molar-refractivity contribution in [2.75, 3.05) is 15.5 Å². The number of aryl methyl sites for hydroxylation is 2. The van der Waals surface area contributed by atoms with Gasteiger partial charge in [0.05, 0.1) is 35.1 Å². The number of carbonyl (C=O) groups is 2. The smallest absolute Gasteiger partial charge is 0.261 e. The van der Waals surface area contributed by atoms with E-state index in [1.54, 1.807) is 30.3 Å². The summed E-state index contributed by atoms with van der Waals surface area (Å²) in [5.41, 5.74) is 6.51. The molecular formula is C30H29ClN4O5. The number of nitrogens with one attached hydrogen (secondary N) is 2. The van der Waals surface area contributed by atoms with Crippen molar-refractivity contribution in [3.05, 3.63) is 102 Å². The van der Waals surface area contributed by atoms with E-state index in [4.69, 9.17) is 21.8 Å². The number of carbonyl (C=O) groups excluding carboxylic acids is 2. The molecule has 1 aliphatic rings. The van der Waals surface area contributed by atoms with Gasteiger partial charge in [0, 0.05) is 10.6 Å². The zero-order valence-electron chi connectivity index (χ0n) is 22.8. The molecule has 0 saturated carbocycles. The molecule has 0 aliphatic carbocycles. The Kier molecular flexibility index (Phi) is 6.58. The Balaban J connectivity index is 1.52. The molecule has 1 atom stereocenters. The van der Waals surface area contributed by atoms with Crippen LogP contribution in [-0.4, -0.2) is 11.8 Å². The lowest BCUT2D eigenvalue weighted by molar-refractivity contribution is 0.0996. The average Bonchev–Trinajstić information content (AvgIpc) is 3.47. The summed E-state index contributed by atoms with van der Waals surface area (Å²) in [6.07, 6.45) is 0. The highest BCUT2D eigenvalue weighted by molar-refractivity contribution is 6.33. The molecule has 40 heavy (non-hydrogen) atoms. The number of hydrogen-bond donors (Lipinski definition) is 3. The third-order valence-electron chi connectivity index (χ3n) is 7.11. The van der Waals surface area contributed by atoms with Gasteiger partial charge >= 0.3 is 0 Å². The number of benzene rings is 2. The first kappa shape index (κ1) is 27.2. The van der Waals surface area contributed by atoms with E-state index in [9.17, 15) is 19.2 Å². The third-order valence-corrected chi connectivity index (χ3v) is 7.46. The van der Waals surface area contributed by atoms with Crippen LogP contribution in [0.5, 0.6) is 0 Å². The molecule has 10 heteroatoms. The number of halogens is 1. The van der Waals surface area contributed by atoms with Crippen LogP contribution in [0.2, 0.25) is 5.02 Å². The molecule has 2 heterocycles. The van der Waals surface area contributed by atoms with Crippen LogP contribution in [-0.2, 0) is 6.54 Å². The number of primary amides is 1. The molecule has 5 rings (SSSR count). The molecule has 0 radical (unpaired) electrons. The van der Waals surface area contributed by atoms with Crippen LogP contribution in [0.25, 0.3) is 0 Å². The predicted molar refractivity (Wildman–Crippen MR) is 156 cm³/mol. The lowest BCUT2D eigenvalue weighted by atomic mass is 9.85. The van der Waals surface area contributed by atoms with E-state index in [0.717, 1.165) is 11.3 Å². The Morgan fingerprint density at radius 3 is 2.35 bits per heavy atom. The van der Waals surface area contributed by atoms with Crippen LogP contribution in [0.15, 0.2) is 56.5 Å². The van der Waals surface area contributed by atoms with Gasteiger partial charge in [-0.15, -0.1) is 0 Å². The number of anilines is 4. The molecule has 2 amide bonds. The van der Waals surface area contributed by atoms with Gasteiger partial charge in [0.2, 0.25) is 0 Å². The lowest BCUT2D eigenvalue weighted by Gasteiger charge is -2.31. The van der Waals surface area contributed by atoms with Gasteiger partial charge in [-0.05, 0) is 61.2 Å². The lowest BCUT2D eigenvalue weighted by Crippen LogP contribution is -2.39. The van der Waals surface area contributed by atoms with E-state index in [2.05, 4.69) is 10.6 Å². The van der Waals surface area contributed by atoms with Gasteiger partial charge in [-0.25, -0.2) is 0 Å². The molecular weight excluding hydrogens is 532 g/mol. The minimum Gasteiger partial charge on any atom is -0.464 e. The summed E-state index contributed by atoms with van der Waals surface area (Å²) >= 11 is 6.49. The largest absolute Gasteiger partial charge is 0.464 e. The number of amides is 2. The monoisotopic (exact) mass is 560 g/mol. The van der Waals surface area contributed by atoms with Crippen LogP contribution in [0.3, 0.4) is 0 Å².